The molecule has 8 heterocycles. The van der Waals surface area contributed by atoms with Gasteiger partial charge in [-0.2, -0.15) is 19.9 Å². The van der Waals surface area contributed by atoms with Crippen LogP contribution >= 0.6 is 0 Å². The van der Waals surface area contributed by atoms with Crippen molar-refractivity contribution in [1.29, 1.82) is 0 Å². The molecular formula is C50H72N12O28. The molecule has 4 aliphatic rings. The highest BCUT2D eigenvalue weighted by atomic mass is 16.6. The Morgan fingerprint density at radius 2 is 0.689 bits per heavy atom. The van der Waals surface area contributed by atoms with Crippen molar-refractivity contribution in [2.24, 2.45) is 0 Å². The number of nitrogens with one attached hydrogen (secondary N) is 4. The monoisotopic (exact) mass is 1290 g/mol. The van der Waals surface area contributed by atoms with Crippen LogP contribution in [0.2, 0.25) is 0 Å². The Labute approximate surface area is 506 Å². The molecule has 4 fully saturated rings. The molecule has 0 spiro atoms. The maximum atomic E-state index is 11.9. The van der Waals surface area contributed by atoms with Crippen LogP contribution in [0.5, 0.6) is 0 Å². The molecule has 4 aliphatic heterocycles. The number of hydrogen-bond donors (Lipinski definition) is 16. The molecule has 90 heavy (non-hydrogen) atoms. The summed E-state index contributed by atoms with van der Waals surface area (Å²) in [5.74, 6) is -2.13. The summed E-state index contributed by atoms with van der Waals surface area (Å²) in [7, 11) is 0. The Morgan fingerprint density at radius 1 is 0.422 bits per heavy atom. The fourth-order valence-corrected chi connectivity index (χ4v) is 8.56. The molecule has 0 aromatic carbocycles. The van der Waals surface area contributed by atoms with E-state index in [0.29, 0.717) is 12.8 Å². The van der Waals surface area contributed by atoms with E-state index < -0.39 is 145 Å². The van der Waals surface area contributed by atoms with Crippen molar-refractivity contribution >= 4 is 47.1 Å². The predicted molar refractivity (Wildman–Crippen MR) is 294 cm³/mol. The van der Waals surface area contributed by atoms with E-state index in [9.17, 15) is 79.2 Å². The number of rotatable bonds is 22. The number of carbonyl (C=O) groups is 4. The van der Waals surface area contributed by atoms with E-state index in [1.54, 1.807) is 28.8 Å². The van der Waals surface area contributed by atoms with E-state index in [0.717, 1.165) is 24.7 Å². The fourth-order valence-electron chi connectivity index (χ4n) is 8.56. The van der Waals surface area contributed by atoms with Gasteiger partial charge in [-0.05, 0) is 37.1 Å². The average Bonchev–Trinajstić information content (AvgIpc) is 1.71. The largest absolute Gasteiger partial charge is 0.463 e. The van der Waals surface area contributed by atoms with Gasteiger partial charge in [0.25, 0.3) is 0 Å². The van der Waals surface area contributed by atoms with Gasteiger partial charge in [0.05, 0.1) is 0 Å². The van der Waals surface area contributed by atoms with Gasteiger partial charge in [-0.1, -0.05) is 27.2 Å². The minimum atomic E-state index is -1.39. The first kappa shape index (κ1) is 72.7. The average molecular weight is 1290 g/mol. The summed E-state index contributed by atoms with van der Waals surface area (Å²) >= 11 is 0. The number of aromatic nitrogens is 8. The van der Waals surface area contributed by atoms with Crippen molar-refractivity contribution in [1.82, 2.24) is 38.2 Å². The van der Waals surface area contributed by atoms with Crippen LogP contribution in [0.1, 0.15) is 91.1 Å². The first-order valence-corrected chi connectivity index (χ1v) is 27.5. The molecule has 500 valence electrons. The maximum Gasteiger partial charge on any atom is 0.351 e. The Bertz CT molecular complexity index is 3230. The van der Waals surface area contributed by atoms with Crippen LogP contribution in [0.4, 0.5) is 23.3 Å². The van der Waals surface area contributed by atoms with Gasteiger partial charge in [0, 0.05) is 51.0 Å². The van der Waals surface area contributed by atoms with Gasteiger partial charge < -0.3 is 78.7 Å². The topological polar surface area (TPSA) is 573 Å². The lowest BCUT2D eigenvalue weighted by Gasteiger charge is -2.17. The Hall–Kier alpha value is -8.04. The molecule has 0 unspecified atom stereocenters. The molecule has 0 aliphatic carbocycles. The van der Waals surface area contributed by atoms with Crippen molar-refractivity contribution in [3.05, 3.63) is 91.0 Å². The van der Waals surface area contributed by atoms with Crippen molar-refractivity contribution in [3.63, 3.8) is 0 Å². The number of aliphatic hydroxyl groups is 8. The fraction of sp³-hybridized carbons (Fsp3) is 0.600. The summed E-state index contributed by atoms with van der Waals surface area (Å²) in [5.41, 5.74) is 3.73. The minimum Gasteiger partial charge on any atom is -0.463 e. The number of carbonyl (C=O) groups excluding carboxylic acids is 4. The summed E-state index contributed by atoms with van der Waals surface area (Å²) in [6.45, 7) is 5.65. The van der Waals surface area contributed by atoms with Gasteiger partial charge in [0.1, 0.15) is 99.7 Å². The van der Waals surface area contributed by atoms with Gasteiger partial charge >= 0.3 is 46.6 Å². The van der Waals surface area contributed by atoms with Crippen LogP contribution in [-0.4, -0.2) is 223 Å². The number of aliphatic hydroxyl groups excluding tert-OH is 8. The summed E-state index contributed by atoms with van der Waals surface area (Å²) in [6, 6.07) is 5.15. The third-order valence-electron chi connectivity index (χ3n) is 13.4. The third kappa shape index (κ3) is 19.2. The molecular weight excluding hydrogens is 1220 g/mol. The molecule has 8 rings (SSSR count). The summed E-state index contributed by atoms with van der Waals surface area (Å²) < 4.78 is 45.0. The van der Waals surface area contributed by atoms with E-state index in [2.05, 4.69) is 19.9 Å². The standard InChI is InChI=1S/C14H21N3O7.C13H19N3O7.C12H17N3O7.C11H15N3O7/c1-2-3-4-10(18)23-7-8-11(19)12(20)13(24-8)17-6-5-9(16-22)15-14(17)21;1-2-3-9(17)22-6-7-10(18)11(19)12(23-7)16-5-4-8(15-21)14-13(16)20;1-2-8(16)21-5-6-9(17)10(18)11(22-6)15-4-3-7(14-20)13-12(15)19;1-5(15)20-4-6-8(16)9(17)10(21-6)14-3-2-7(13-19)12-11(14)18/h5-6,8,11-13,19-20,22H,2-4,7H2,1H3,(H,15,16,21);4-5,7,10-12,18-19,21H,2-3,6H2,1H3,(H,14,15,20);3-4,6,9-11,17-18,20H,2,5H2,1H3,(H,13,14,19);2-3,6,8-10,16-17,19H,4H2,1H3,(H,12,13,18)/t8-,11-,12-,13-;7-,10-,11-,12-;6-,9-,10-,11-;6-,8-,9-,10-/m1111/s1. The smallest absolute Gasteiger partial charge is 0.351 e. The van der Waals surface area contributed by atoms with Gasteiger partial charge in [-0.15, -0.1) is 0 Å². The van der Waals surface area contributed by atoms with Crippen LogP contribution in [0.15, 0.2) is 68.2 Å². The number of ether oxygens (including phenoxy) is 8. The zero-order valence-corrected chi connectivity index (χ0v) is 48.4. The Morgan fingerprint density at radius 3 is 0.922 bits per heavy atom. The van der Waals surface area contributed by atoms with Gasteiger partial charge in [0.2, 0.25) is 0 Å². The minimum absolute atomic E-state index is 0.0642. The number of unbranched alkanes of at least 4 members (excludes halogenated alkanes) is 1. The van der Waals surface area contributed by atoms with Crippen LogP contribution in [0, 0.1) is 0 Å². The molecule has 4 aromatic rings. The third-order valence-corrected chi connectivity index (χ3v) is 13.4. The molecule has 0 radical (unpaired) electrons. The molecule has 0 bridgehead atoms. The molecule has 40 heteroatoms. The predicted octanol–water partition coefficient (Wildman–Crippen LogP) is -4.75. The highest BCUT2D eigenvalue weighted by Crippen LogP contribution is 2.32. The first-order chi connectivity index (χ1) is 42.9. The van der Waals surface area contributed by atoms with Crippen molar-refractivity contribution in [2.45, 2.75) is 164 Å². The number of nitrogens with zero attached hydrogens (tertiary/aromatic N) is 8. The summed E-state index contributed by atoms with van der Waals surface area (Å²) in [6.07, 6.45) is -11.5. The SMILES string of the molecule is CC(=O)OC[C@H]1O[C@@H](n2ccc(NO)nc2=O)[C@H](O)[C@@H]1O.CCC(=O)OC[C@H]1O[C@@H](n2ccc(NO)nc2=O)[C@H](O)[C@@H]1O.CCCC(=O)OC[C@H]1O[C@@H](n2ccc(NO)nc2=O)[C@H](O)[C@@H]1O.CCCCC(=O)OC[C@H]1O[C@@H](n2ccc(NO)nc2=O)[C@H](O)[C@@H]1O. The molecule has 40 nitrogen and oxygen atoms in total. The molecule has 4 aromatic heterocycles. The van der Waals surface area contributed by atoms with Crippen molar-refractivity contribution in [3.8, 4) is 0 Å². The molecule has 16 atom stereocenters. The van der Waals surface area contributed by atoms with Gasteiger partial charge in [-0.25, -0.2) is 19.2 Å². The highest BCUT2D eigenvalue weighted by molar-refractivity contribution is 5.70. The van der Waals surface area contributed by atoms with E-state index >= 15 is 0 Å². The Kier molecular flexibility index (Phi) is 28.1. The quantitative estimate of drug-likeness (QED) is 0.0200. The van der Waals surface area contributed by atoms with E-state index in [-0.39, 0.29) is 69.0 Å². The Balaban J connectivity index is 0.000000218. The lowest BCUT2D eigenvalue weighted by Crippen LogP contribution is -2.36. The second-order valence-corrected chi connectivity index (χ2v) is 19.7. The maximum absolute atomic E-state index is 11.9. The molecule has 0 saturated carbocycles. The number of hydrogen-bond acceptors (Lipinski definition) is 36. The van der Waals surface area contributed by atoms with Crippen LogP contribution < -0.4 is 44.7 Å². The van der Waals surface area contributed by atoms with E-state index in [4.69, 9.17) is 58.7 Å². The zero-order chi connectivity index (χ0) is 66.5. The molecule has 4 saturated heterocycles. The molecule has 0 amide bonds. The lowest BCUT2D eigenvalue weighted by molar-refractivity contribution is -0.151. The zero-order valence-electron chi connectivity index (χ0n) is 48.4. The first-order valence-electron chi connectivity index (χ1n) is 27.5. The summed E-state index contributed by atoms with van der Waals surface area (Å²) in [4.78, 5) is 106. The van der Waals surface area contributed by atoms with Gasteiger partial charge in [-0.3, -0.25) is 80.2 Å². The normalized spacial score (nSPS) is 27.3. The molecule has 16 N–H and O–H groups in total. The van der Waals surface area contributed by atoms with E-state index in [1.165, 1.54) is 56.0 Å². The number of esters is 4. The van der Waals surface area contributed by atoms with E-state index in [1.807, 2.05) is 13.8 Å². The van der Waals surface area contributed by atoms with Crippen LogP contribution in [0.3, 0.4) is 0 Å². The van der Waals surface area contributed by atoms with Crippen LogP contribution in [0.25, 0.3) is 0 Å². The lowest BCUT2D eigenvalue weighted by atomic mass is 10.1. The summed E-state index contributed by atoms with van der Waals surface area (Å²) in [5, 5.41) is 114. The highest BCUT2D eigenvalue weighted by Gasteiger charge is 2.48. The second-order valence-electron chi connectivity index (χ2n) is 19.7. The van der Waals surface area contributed by atoms with Gasteiger partial charge in [0.15, 0.2) is 48.2 Å². The number of anilines is 4. The van der Waals surface area contributed by atoms with Crippen molar-refractivity contribution < 1.29 is 119 Å². The van der Waals surface area contributed by atoms with Crippen LogP contribution in [-0.2, 0) is 57.1 Å². The van der Waals surface area contributed by atoms with Crippen molar-refractivity contribution in [2.75, 3.05) is 48.3 Å². The second kappa shape index (κ2) is 34.8.